The summed E-state index contributed by atoms with van der Waals surface area (Å²) < 4.78 is 46.8. The highest BCUT2D eigenvalue weighted by atomic mass is 35.5. The molecule has 0 bridgehead atoms. The van der Waals surface area contributed by atoms with E-state index < -0.39 is 13.0 Å². The molecule has 0 amide bonds. The van der Waals surface area contributed by atoms with E-state index in [4.69, 9.17) is 25.8 Å². The molecule has 13 nitrogen and oxygen atoms in total. The van der Waals surface area contributed by atoms with Crippen LogP contribution in [0.2, 0.25) is 5.02 Å². The maximum atomic E-state index is 13.0. The van der Waals surface area contributed by atoms with Crippen LogP contribution in [0.5, 0.6) is 11.6 Å². The van der Waals surface area contributed by atoms with E-state index in [-0.39, 0.29) is 30.1 Å². The minimum absolute atomic E-state index is 0.0835. The summed E-state index contributed by atoms with van der Waals surface area (Å²) in [6.45, 7) is 4.09. The molecule has 1 aromatic carbocycles. The molecule has 6 rings (SSSR count). The SMILES string of the molecule is CC(Cn1cnnn1)Oc1cc(-c2cnc(Nc3cn(C4CCC(C5CNCCO5)CC4)nc3OCC(F)F)nc2)ccc1Cl. The van der Waals surface area contributed by atoms with E-state index in [1.165, 1.54) is 6.33 Å². The number of aromatic nitrogens is 8. The summed E-state index contributed by atoms with van der Waals surface area (Å²) in [6, 6.07) is 5.53. The van der Waals surface area contributed by atoms with Gasteiger partial charge >= 0.3 is 0 Å². The van der Waals surface area contributed by atoms with Crippen LogP contribution in [0.4, 0.5) is 20.4 Å². The van der Waals surface area contributed by atoms with E-state index in [1.807, 2.05) is 23.7 Å². The van der Waals surface area contributed by atoms with Crippen LogP contribution in [0.25, 0.3) is 11.1 Å². The number of nitrogens with one attached hydrogen (secondary N) is 2. The van der Waals surface area contributed by atoms with E-state index in [0.29, 0.717) is 28.9 Å². The molecular formula is C29H35ClF2N10O3. The largest absolute Gasteiger partial charge is 0.487 e. The van der Waals surface area contributed by atoms with Crippen molar-refractivity contribution in [3.05, 3.63) is 48.1 Å². The van der Waals surface area contributed by atoms with Crippen LogP contribution in [0.3, 0.4) is 0 Å². The first-order valence-electron chi connectivity index (χ1n) is 15.0. The van der Waals surface area contributed by atoms with E-state index in [1.54, 1.807) is 29.3 Å². The molecule has 4 aromatic rings. The molecule has 3 aromatic heterocycles. The summed E-state index contributed by atoms with van der Waals surface area (Å²) in [4.78, 5) is 8.90. The molecule has 2 unspecified atom stereocenters. The maximum absolute atomic E-state index is 13.0. The smallest absolute Gasteiger partial charge is 0.272 e. The lowest BCUT2D eigenvalue weighted by Gasteiger charge is -2.35. The van der Waals surface area contributed by atoms with Crippen molar-refractivity contribution < 1.29 is 23.0 Å². The predicted molar refractivity (Wildman–Crippen MR) is 161 cm³/mol. The van der Waals surface area contributed by atoms with Gasteiger partial charge in [0.05, 0.1) is 36.5 Å². The molecule has 2 N–H and O–H groups in total. The van der Waals surface area contributed by atoms with Gasteiger partial charge in [-0.3, -0.25) is 4.68 Å². The Bertz CT molecular complexity index is 1510. The van der Waals surface area contributed by atoms with E-state index in [9.17, 15) is 8.78 Å². The molecule has 2 aliphatic rings. The number of benzene rings is 1. The lowest BCUT2D eigenvalue weighted by atomic mass is 9.82. The normalized spacial score (nSPS) is 21.0. The highest BCUT2D eigenvalue weighted by molar-refractivity contribution is 6.32. The highest BCUT2D eigenvalue weighted by Gasteiger charge is 2.31. The molecule has 16 heteroatoms. The van der Waals surface area contributed by atoms with Crippen LogP contribution in [0.1, 0.15) is 38.6 Å². The van der Waals surface area contributed by atoms with Crippen LogP contribution in [-0.2, 0) is 11.3 Å². The molecule has 1 saturated heterocycles. The first-order valence-corrected chi connectivity index (χ1v) is 15.4. The summed E-state index contributed by atoms with van der Waals surface area (Å²) in [5.41, 5.74) is 1.95. The van der Waals surface area contributed by atoms with Gasteiger partial charge in [0.2, 0.25) is 5.95 Å². The van der Waals surface area contributed by atoms with Gasteiger partial charge < -0.3 is 24.8 Å². The fraction of sp³-hybridized carbons (Fsp3) is 0.517. The number of hydrogen-bond donors (Lipinski definition) is 2. The van der Waals surface area contributed by atoms with Crippen LogP contribution in [0.15, 0.2) is 43.1 Å². The van der Waals surface area contributed by atoms with E-state index >= 15 is 0 Å². The van der Waals surface area contributed by atoms with Crippen molar-refractivity contribution in [2.24, 2.45) is 5.92 Å². The molecule has 1 aliphatic heterocycles. The fourth-order valence-electron chi connectivity index (χ4n) is 5.74. The van der Waals surface area contributed by atoms with Gasteiger partial charge in [0.1, 0.15) is 23.9 Å². The van der Waals surface area contributed by atoms with Crippen LogP contribution >= 0.6 is 11.6 Å². The Labute approximate surface area is 263 Å². The number of alkyl halides is 2. The summed E-state index contributed by atoms with van der Waals surface area (Å²) in [5, 5.41) is 22.6. The quantitative estimate of drug-likeness (QED) is 0.224. The van der Waals surface area contributed by atoms with Crippen molar-refractivity contribution >= 4 is 23.2 Å². The maximum Gasteiger partial charge on any atom is 0.272 e. The number of nitrogens with zero attached hydrogens (tertiary/aromatic N) is 8. The molecule has 2 atom stereocenters. The van der Waals surface area contributed by atoms with Gasteiger partial charge in [0, 0.05) is 31.0 Å². The Morgan fingerprint density at radius 2 is 1.98 bits per heavy atom. The van der Waals surface area contributed by atoms with Gasteiger partial charge in [-0.05, 0) is 66.6 Å². The van der Waals surface area contributed by atoms with Gasteiger partial charge in [-0.15, -0.1) is 10.2 Å². The number of hydrogen-bond acceptors (Lipinski definition) is 11. The van der Waals surface area contributed by atoms with E-state index in [2.05, 4.69) is 41.2 Å². The number of anilines is 2. The number of rotatable bonds is 12. The average molecular weight is 645 g/mol. The average Bonchev–Trinajstić information content (AvgIpc) is 3.72. The molecule has 2 fully saturated rings. The molecular weight excluding hydrogens is 610 g/mol. The molecule has 240 valence electrons. The topological polar surface area (TPSA) is 139 Å². The second-order valence-corrected chi connectivity index (χ2v) is 11.6. The number of tetrazole rings is 1. The fourth-order valence-corrected chi connectivity index (χ4v) is 5.90. The van der Waals surface area contributed by atoms with E-state index in [0.717, 1.165) is 56.5 Å². The van der Waals surface area contributed by atoms with Crippen molar-refractivity contribution in [3.8, 4) is 22.8 Å². The second-order valence-electron chi connectivity index (χ2n) is 11.2. The molecule has 45 heavy (non-hydrogen) atoms. The van der Waals surface area contributed by atoms with Crippen molar-refractivity contribution in [1.29, 1.82) is 0 Å². The number of halogens is 3. The first-order chi connectivity index (χ1) is 21.9. The number of ether oxygens (including phenoxy) is 3. The third-order valence-electron chi connectivity index (χ3n) is 7.97. The van der Waals surface area contributed by atoms with Gasteiger partial charge in [-0.2, -0.15) is 0 Å². The van der Waals surface area contributed by atoms with Gasteiger partial charge in [-0.25, -0.2) is 23.4 Å². The molecule has 1 saturated carbocycles. The third kappa shape index (κ3) is 8.02. The van der Waals surface area contributed by atoms with Crippen molar-refractivity contribution in [1.82, 2.24) is 45.3 Å². The molecule has 0 spiro atoms. The summed E-state index contributed by atoms with van der Waals surface area (Å²) in [6.07, 6.45) is 7.79. The zero-order valence-corrected chi connectivity index (χ0v) is 25.5. The Morgan fingerprint density at radius 1 is 1.16 bits per heavy atom. The van der Waals surface area contributed by atoms with Crippen molar-refractivity contribution in [3.63, 3.8) is 0 Å². The third-order valence-corrected chi connectivity index (χ3v) is 8.28. The minimum atomic E-state index is -2.63. The Balaban J connectivity index is 1.12. The Kier molecular flexibility index (Phi) is 9.96. The van der Waals surface area contributed by atoms with Crippen molar-refractivity contribution in [2.75, 3.05) is 31.6 Å². The zero-order valence-electron chi connectivity index (χ0n) is 24.7. The van der Waals surface area contributed by atoms with Gasteiger partial charge in [0.15, 0.2) is 6.61 Å². The highest BCUT2D eigenvalue weighted by Crippen LogP contribution is 2.37. The molecule has 1 aliphatic carbocycles. The first kappa shape index (κ1) is 31.0. The second kappa shape index (κ2) is 14.4. The predicted octanol–water partition coefficient (Wildman–Crippen LogP) is 4.55. The zero-order chi connectivity index (χ0) is 31.2. The van der Waals surface area contributed by atoms with Crippen LogP contribution < -0.4 is 20.1 Å². The lowest BCUT2D eigenvalue weighted by Crippen LogP contribution is -2.43. The molecule has 4 heterocycles. The summed E-state index contributed by atoms with van der Waals surface area (Å²) in [7, 11) is 0. The Hall–Kier alpha value is -3.95. The minimum Gasteiger partial charge on any atom is -0.487 e. The standard InChI is InChI=1S/C29H35ClF2N10O3/c1-18(14-41-17-36-39-40-41)45-25-10-20(4-7-23(25)30)21-11-34-29(35-12-21)37-24-15-42(38-28(24)44-16-27(31)32)22-5-2-19(3-6-22)26-13-33-8-9-43-26/h4,7,10-12,15,17-19,22,26-27,33H,2-3,5-6,8-9,13-14,16H2,1H3,(H,34,35,37). The van der Waals surface area contributed by atoms with Crippen LogP contribution in [0, 0.1) is 5.92 Å². The van der Waals surface area contributed by atoms with Gasteiger partial charge in [0.25, 0.3) is 12.3 Å². The molecule has 0 radical (unpaired) electrons. The monoisotopic (exact) mass is 644 g/mol. The summed E-state index contributed by atoms with van der Waals surface area (Å²) >= 11 is 6.40. The number of morpholine rings is 1. The summed E-state index contributed by atoms with van der Waals surface area (Å²) in [5.74, 6) is 1.35. The lowest BCUT2D eigenvalue weighted by molar-refractivity contribution is -0.0229. The van der Waals surface area contributed by atoms with Gasteiger partial charge in [-0.1, -0.05) is 17.7 Å². The van der Waals surface area contributed by atoms with Crippen molar-refractivity contribution in [2.45, 2.75) is 63.8 Å². The Morgan fingerprint density at radius 3 is 2.69 bits per heavy atom. The van der Waals surface area contributed by atoms with Crippen LogP contribution in [-0.4, -0.2) is 84.9 Å².